The number of carbonyl (C=O) groups is 1. The first kappa shape index (κ1) is 62.2. The minimum Gasteiger partial charge on any atom is -0.391 e. The molecule has 0 aliphatic rings. The number of nitrogens with zero attached hydrogens (tertiary/aromatic N) is 1. The lowest BCUT2D eigenvalue weighted by Crippen LogP contribution is -2.46. The van der Waals surface area contributed by atoms with E-state index in [1.54, 1.807) is 0 Å². The van der Waals surface area contributed by atoms with Gasteiger partial charge in [0.25, 0.3) is 0 Å². The second-order valence-electron chi connectivity index (χ2n) is 20.3. The van der Waals surface area contributed by atoms with Crippen LogP contribution < -0.4 is 5.32 Å². The Morgan fingerprint density at radius 2 is 0.873 bits per heavy atom. The van der Waals surface area contributed by atoms with E-state index in [0.717, 1.165) is 51.4 Å². The van der Waals surface area contributed by atoms with Crippen molar-refractivity contribution in [2.75, 3.05) is 40.9 Å². The smallest absolute Gasteiger partial charge is 0.391 e. The van der Waals surface area contributed by atoms with Gasteiger partial charge in [-0.25, -0.2) is 4.57 Å². The summed E-state index contributed by atoms with van der Waals surface area (Å²) in [5.74, 6) is -0.152. The van der Waals surface area contributed by atoms with Crippen LogP contribution >= 0.6 is 7.82 Å². The lowest BCUT2D eigenvalue weighted by molar-refractivity contribution is -0.870. The average Bonchev–Trinajstić information content (AvgIpc) is 3.24. The molecule has 0 saturated carbocycles. The van der Waals surface area contributed by atoms with Gasteiger partial charge < -0.3 is 19.8 Å². The first-order chi connectivity index (χ1) is 30.5. The van der Waals surface area contributed by atoms with E-state index >= 15 is 0 Å². The van der Waals surface area contributed by atoms with E-state index in [1.165, 1.54) is 199 Å². The molecule has 9 heteroatoms. The quantitative estimate of drug-likeness (QED) is 0.0243. The molecule has 0 spiro atoms. The van der Waals surface area contributed by atoms with Crippen molar-refractivity contribution in [2.24, 2.45) is 0 Å². The third-order valence-corrected chi connectivity index (χ3v) is 13.7. The third-order valence-electron chi connectivity index (χ3n) is 12.8. The number of phosphoric acid groups is 1. The maximum absolute atomic E-state index is 12.9. The minimum absolute atomic E-state index is 0.0751. The molecule has 0 heterocycles. The van der Waals surface area contributed by atoms with E-state index in [-0.39, 0.29) is 19.1 Å². The molecule has 0 saturated heterocycles. The highest BCUT2D eigenvalue weighted by molar-refractivity contribution is 7.47. The summed E-state index contributed by atoms with van der Waals surface area (Å²) in [5.41, 5.74) is 0. The molecule has 1 amide bonds. The molecule has 0 rings (SSSR count). The largest absolute Gasteiger partial charge is 0.472 e. The Balaban J connectivity index is 3.99. The van der Waals surface area contributed by atoms with Gasteiger partial charge in [0.1, 0.15) is 13.2 Å². The molecule has 3 atom stereocenters. The van der Waals surface area contributed by atoms with Crippen LogP contribution in [0.5, 0.6) is 0 Å². The molecule has 0 aliphatic heterocycles. The van der Waals surface area contributed by atoms with Crippen LogP contribution in [0.25, 0.3) is 0 Å². The molecular weight excluding hydrogens is 804 g/mol. The fourth-order valence-electron chi connectivity index (χ4n) is 8.38. The molecule has 0 aromatic carbocycles. The highest BCUT2D eigenvalue weighted by Crippen LogP contribution is 2.43. The molecule has 0 aromatic rings. The summed E-state index contributed by atoms with van der Waals surface area (Å²) in [6, 6.07) is -0.761. The average molecular weight is 914 g/mol. The number of likely N-dealkylation sites (N-methyl/N-ethyl adjacent to an activating group) is 1. The van der Waals surface area contributed by atoms with E-state index in [1.807, 2.05) is 21.1 Å². The van der Waals surface area contributed by atoms with E-state index in [9.17, 15) is 19.4 Å². The monoisotopic (exact) mass is 914 g/mol. The Kier molecular flexibility index (Phi) is 45.8. The molecular formula is C54H110N2O6P+. The first-order valence-electron chi connectivity index (χ1n) is 27.6. The summed E-state index contributed by atoms with van der Waals surface area (Å²) in [5, 5.41) is 14.0. The number of quaternary nitrogens is 1. The van der Waals surface area contributed by atoms with Gasteiger partial charge in [-0.1, -0.05) is 251 Å². The molecule has 63 heavy (non-hydrogen) atoms. The van der Waals surface area contributed by atoms with Crippen LogP contribution in [0.1, 0.15) is 277 Å². The normalized spacial score (nSPS) is 14.1. The second kappa shape index (κ2) is 46.4. The van der Waals surface area contributed by atoms with Gasteiger partial charge in [0.05, 0.1) is 39.9 Å². The number of nitrogens with one attached hydrogen (secondary N) is 1. The second-order valence-corrected chi connectivity index (χ2v) is 21.8. The van der Waals surface area contributed by atoms with Gasteiger partial charge in [0.2, 0.25) is 5.91 Å². The summed E-state index contributed by atoms with van der Waals surface area (Å²) in [7, 11) is 1.62. The van der Waals surface area contributed by atoms with E-state index in [2.05, 4.69) is 31.3 Å². The number of allylic oxidation sites excluding steroid dienone is 2. The fourth-order valence-corrected chi connectivity index (χ4v) is 9.12. The Morgan fingerprint density at radius 1 is 0.524 bits per heavy atom. The standard InChI is InChI=1S/C54H109N2O6P/c1-6-8-10-12-14-16-18-19-20-21-22-23-24-25-26-27-28-29-30-31-32-33-34-35-36-38-39-41-43-45-47-53(57)52(51-62-63(59,60)61-50-49-56(3,4)5)55-54(58)48-46-44-42-40-37-17-15-13-11-9-7-2/h13,15,52-53,57H,6-12,14,16-51H2,1-5H3,(H-,55,58,59,60)/p+1/b15-13-. The number of phosphoric ester groups is 1. The van der Waals surface area contributed by atoms with Gasteiger partial charge in [0, 0.05) is 6.42 Å². The number of aliphatic hydroxyl groups is 1. The molecule has 3 unspecified atom stereocenters. The molecule has 8 nitrogen and oxygen atoms in total. The van der Waals surface area contributed by atoms with Crippen molar-refractivity contribution in [3.8, 4) is 0 Å². The Hall–Kier alpha value is -0.760. The SMILES string of the molecule is CCCC/C=C\CCCCCCCC(=O)NC(COP(=O)(O)OCC[N+](C)(C)C)C(O)CCCCCCCCCCCCCCCCCCCCCCCCCCCCCCCC. The summed E-state index contributed by atoms with van der Waals surface area (Å²) in [6.07, 6.45) is 55.7. The van der Waals surface area contributed by atoms with Crippen molar-refractivity contribution in [1.82, 2.24) is 5.32 Å². The maximum Gasteiger partial charge on any atom is 0.472 e. The van der Waals surface area contributed by atoms with E-state index in [4.69, 9.17) is 9.05 Å². The first-order valence-corrected chi connectivity index (χ1v) is 29.0. The number of hydrogen-bond donors (Lipinski definition) is 3. The Bertz CT molecular complexity index is 1040. The summed E-state index contributed by atoms with van der Waals surface area (Å²) >= 11 is 0. The number of unbranched alkanes of at least 4 members (excludes halogenated alkanes) is 36. The third kappa shape index (κ3) is 49.0. The minimum atomic E-state index is -4.32. The molecule has 0 bridgehead atoms. The Morgan fingerprint density at radius 3 is 1.27 bits per heavy atom. The van der Waals surface area contributed by atoms with Crippen LogP contribution in [-0.4, -0.2) is 73.4 Å². The summed E-state index contributed by atoms with van der Waals surface area (Å²) in [6.45, 7) is 4.87. The molecule has 0 aliphatic carbocycles. The van der Waals surface area contributed by atoms with Crippen molar-refractivity contribution >= 4 is 13.7 Å². The van der Waals surface area contributed by atoms with Crippen molar-refractivity contribution < 1.29 is 32.9 Å². The number of rotatable bonds is 51. The molecule has 3 N–H and O–H groups in total. The zero-order valence-corrected chi connectivity index (χ0v) is 43.7. The van der Waals surface area contributed by atoms with Crippen LogP contribution in [0.15, 0.2) is 12.2 Å². The van der Waals surface area contributed by atoms with Gasteiger partial charge in [-0.2, -0.15) is 0 Å². The lowest BCUT2D eigenvalue weighted by atomic mass is 10.0. The molecule has 0 fully saturated rings. The van der Waals surface area contributed by atoms with Gasteiger partial charge >= 0.3 is 7.82 Å². The molecule has 0 radical (unpaired) electrons. The number of aliphatic hydroxyl groups excluding tert-OH is 1. The van der Waals surface area contributed by atoms with Crippen molar-refractivity contribution in [2.45, 2.75) is 289 Å². The fraction of sp³-hybridized carbons (Fsp3) is 0.944. The summed E-state index contributed by atoms with van der Waals surface area (Å²) in [4.78, 5) is 23.2. The van der Waals surface area contributed by atoms with Gasteiger partial charge in [-0.3, -0.25) is 13.8 Å². The van der Waals surface area contributed by atoms with Gasteiger partial charge in [-0.15, -0.1) is 0 Å². The van der Waals surface area contributed by atoms with Crippen LogP contribution in [0.3, 0.4) is 0 Å². The Labute approximate surface area is 392 Å². The number of carbonyl (C=O) groups excluding carboxylic acids is 1. The van der Waals surface area contributed by atoms with Crippen molar-refractivity contribution in [3.05, 3.63) is 12.2 Å². The predicted molar refractivity (Wildman–Crippen MR) is 272 cm³/mol. The lowest BCUT2D eigenvalue weighted by Gasteiger charge is -2.26. The zero-order chi connectivity index (χ0) is 46.4. The van der Waals surface area contributed by atoms with Crippen LogP contribution in [0, 0.1) is 0 Å². The van der Waals surface area contributed by atoms with Crippen LogP contribution in [0.2, 0.25) is 0 Å². The van der Waals surface area contributed by atoms with Gasteiger partial charge in [-0.05, 0) is 32.1 Å². The number of hydrogen-bond acceptors (Lipinski definition) is 5. The maximum atomic E-state index is 12.9. The molecule has 376 valence electrons. The van der Waals surface area contributed by atoms with E-state index < -0.39 is 20.0 Å². The highest BCUT2D eigenvalue weighted by atomic mass is 31.2. The summed E-state index contributed by atoms with van der Waals surface area (Å²) < 4.78 is 23.7. The van der Waals surface area contributed by atoms with Crippen LogP contribution in [-0.2, 0) is 18.4 Å². The number of amides is 1. The molecule has 0 aromatic heterocycles. The van der Waals surface area contributed by atoms with Gasteiger partial charge in [0.15, 0.2) is 0 Å². The predicted octanol–water partition coefficient (Wildman–Crippen LogP) is 16.3. The van der Waals surface area contributed by atoms with Crippen molar-refractivity contribution in [1.29, 1.82) is 0 Å². The highest BCUT2D eigenvalue weighted by Gasteiger charge is 2.28. The van der Waals surface area contributed by atoms with Crippen LogP contribution in [0.4, 0.5) is 0 Å². The van der Waals surface area contributed by atoms with Crippen molar-refractivity contribution in [3.63, 3.8) is 0 Å². The zero-order valence-electron chi connectivity index (χ0n) is 42.8. The van der Waals surface area contributed by atoms with E-state index in [0.29, 0.717) is 23.9 Å². The topological polar surface area (TPSA) is 105 Å².